The van der Waals surface area contributed by atoms with Crippen LogP contribution in [0, 0.1) is 0 Å². The van der Waals surface area contributed by atoms with Crippen LogP contribution in [0.1, 0.15) is 25.7 Å². The standard InChI is InChI=1S/C9H13F3N2O3/c10-9(11,12)4-5-13-7(17)14-8(6(15)16)2-1-3-8/h1-5H2,(H,15,16)(H2,13,14,17). The Hall–Kier alpha value is -1.47. The fraction of sp³-hybridized carbons (Fsp3) is 0.778. The van der Waals surface area contributed by atoms with E-state index in [-0.39, 0.29) is 0 Å². The minimum absolute atomic E-state index is 0.301. The first-order valence-electron chi connectivity index (χ1n) is 5.11. The van der Waals surface area contributed by atoms with E-state index in [1.807, 2.05) is 5.32 Å². The van der Waals surface area contributed by atoms with Crippen molar-refractivity contribution in [2.24, 2.45) is 0 Å². The summed E-state index contributed by atoms with van der Waals surface area (Å²) in [5.74, 6) is -1.16. The van der Waals surface area contributed by atoms with Crippen LogP contribution in [-0.4, -0.2) is 35.4 Å². The van der Waals surface area contributed by atoms with Gasteiger partial charge in [-0.2, -0.15) is 13.2 Å². The van der Waals surface area contributed by atoms with Crippen molar-refractivity contribution in [3.8, 4) is 0 Å². The molecular weight excluding hydrogens is 241 g/mol. The molecule has 3 N–H and O–H groups in total. The van der Waals surface area contributed by atoms with Crippen LogP contribution in [0.2, 0.25) is 0 Å². The number of urea groups is 1. The Morgan fingerprint density at radius 1 is 1.29 bits per heavy atom. The fourth-order valence-corrected chi connectivity index (χ4v) is 1.50. The molecule has 0 saturated heterocycles. The van der Waals surface area contributed by atoms with Crippen LogP contribution in [-0.2, 0) is 4.79 Å². The van der Waals surface area contributed by atoms with Crippen LogP contribution in [0.5, 0.6) is 0 Å². The first kappa shape index (κ1) is 13.6. The molecule has 1 rings (SSSR count). The minimum Gasteiger partial charge on any atom is -0.480 e. The summed E-state index contributed by atoms with van der Waals surface area (Å²) in [4.78, 5) is 22.0. The zero-order chi connectivity index (χ0) is 13.1. The van der Waals surface area contributed by atoms with Crippen molar-refractivity contribution in [2.45, 2.75) is 37.4 Å². The maximum Gasteiger partial charge on any atom is 0.390 e. The lowest BCUT2D eigenvalue weighted by atomic mass is 9.77. The Kier molecular flexibility index (Phi) is 3.84. The van der Waals surface area contributed by atoms with Crippen LogP contribution >= 0.6 is 0 Å². The number of aliphatic carboxylic acids is 1. The van der Waals surface area contributed by atoms with Gasteiger partial charge in [-0.05, 0) is 19.3 Å². The SMILES string of the molecule is O=C(NCCC(F)(F)F)NC1(C(=O)O)CCC1. The Bertz CT molecular complexity index is 313. The van der Waals surface area contributed by atoms with Gasteiger partial charge in [0.25, 0.3) is 0 Å². The first-order valence-corrected chi connectivity index (χ1v) is 5.11. The zero-order valence-corrected chi connectivity index (χ0v) is 8.93. The van der Waals surface area contributed by atoms with E-state index in [0.717, 1.165) is 0 Å². The van der Waals surface area contributed by atoms with Gasteiger partial charge in [-0.25, -0.2) is 9.59 Å². The second-order valence-electron chi connectivity index (χ2n) is 3.99. The molecule has 2 amide bonds. The van der Waals surface area contributed by atoms with Gasteiger partial charge in [0, 0.05) is 6.54 Å². The van der Waals surface area contributed by atoms with E-state index in [1.165, 1.54) is 0 Å². The number of carboxylic acids is 1. The molecule has 0 radical (unpaired) electrons. The molecule has 0 aliphatic heterocycles. The van der Waals surface area contributed by atoms with E-state index in [2.05, 4.69) is 5.32 Å². The Morgan fingerprint density at radius 3 is 2.24 bits per heavy atom. The molecule has 0 aromatic rings. The number of carbonyl (C=O) groups excluding carboxylic acids is 1. The average Bonchev–Trinajstić information content (AvgIpc) is 2.08. The van der Waals surface area contributed by atoms with Crippen molar-refractivity contribution in [3.63, 3.8) is 0 Å². The van der Waals surface area contributed by atoms with Crippen molar-refractivity contribution in [2.75, 3.05) is 6.54 Å². The number of nitrogens with one attached hydrogen (secondary N) is 2. The van der Waals surface area contributed by atoms with Crippen LogP contribution < -0.4 is 10.6 Å². The third-order valence-corrected chi connectivity index (χ3v) is 2.66. The maximum atomic E-state index is 11.8. The van der Waals surface area contributed by atoms with Crippen molar-refractivity contribution in [1.29, 1.82) is 0 Å². The predicted octanol–water partition coefficient (Wildman–Crippen LogP) is 1.25. The largest absolute Gasteiger partial charge is 0.480 e. The minimum atomic E-state index is -4.34. The summed E-state index contributed by atoms with van der Waals surface area (Å²) >= 11 is 0. The fourth-order valence-electron chi connectivity index (χ4n) is 1.50. The van der Waals surface area contributed by atoms with Gasteiger partial charge in [-0.3, -0.25) is 0 Å². The molecule has 0 bridgehead atoms. The molecule has 0 heterocycles. The smallest absolute Gasteiger partial charge is 0.390 e. The van der Waals surface area contributed by atoms with Crippen LogP contribution in [0.25, 0.3) is 0 Å². The molecule has 5 nitrogen and oxygen atoms in total. The molecular formula is C9H13F3N2O3. The van der Waals surface area contributed by atoms with E-state index >= 15 is 0 Å². The quantitative estimate of drug-likeness (QED) is 0.706. The normalized spacial score (nSPS) is 18.1. The number of hydrogen-bond donors (Lipinski definition) is 3. The highest BCUT2D eigenvalue weighted by molar-refractivity contribution is 5.87. The second-order valence-corrected chi connectivity index (χ2v) is 3.99. The summed E-state index contributed by atoms with van der Waals surface area (Å²) in [7, 11) is 0. The molecule has 1 saturated carbocycles. The molecule has 1 fully saturated rings. The van der Waals surface area contributed by atoms with E-state index in [1.54, 1.807) is 0 Å². The van der Waals surface area contributed by atoms with Crippen molar-refractivity contribution in [3.05, 3.63) is 0 Å². The Morgan fingerprint density at radius 2 is 1.88 bits per heavy atom. The lowest BCUT2D eigenvalue weighted by Gasteiger charge is -2.38. The summed E-state index contributed by atoms with van der Waals surface area (Å²) in [5.41, 5.74) is -1.30. The van der Waals surface area contributed by atoms with E-state index < -0.39 is 36.7 Å². The molecule has 1 aliphatic rings. The van der Waals surface area contributed by atoms with E-state index in [0.29, 0.717) is 19.3 Å². The number of carbonyl (C=O) groups is 2. The molecule has 8 heteroatoms. The number of amides is 2. The second kappa shape index (κ2) is 4.80. The highest BCUT2D eigenvalue weighted by Crippen LogP contribution is 2.31. The average molecular weight is 254 g/mol. The maximum absolute atomic E-state index is 11.8. The van der Waals surface area contributed by atoms with E-state index in [9.17, 15) is 22.8 Å². The molecule has 98 valence electrons. The molecule has 17 heavy (non-hydrogen) atoms. The molecule has 0 aromatic carbocycles. The Labute approximate surface area is 95.4 Å². The van der Waals surface area contributed by atoms with Gasteiger partial charge in [0.15, 0.2) is 0 Å². The summed E-state index contributed by atoms with van der Waals surface area (Å²) < 4.78 is 35.4. The summed E-state index contributed by atoms with van der Waals surface area (Å²) in [5, 5.41) is 13.0. The van der Waals surface area contributed by atoms with Gasteiger partial charge in [0.2, 0.25) is 0 Å². The number of halogens is 3. The lowest BCUT2D eigenvalue weighted by Crippen LogP contribution is -2.61. The van der Waals surface area contributed by atoms with Gasteiger partial charge in [0.05, 0.1) is 6.42 Å². The number of hydrogen-bond acceptors (Lipinski definition) is 2. The molecule has 0 atom stereocenters. The van der Waals surface area contributed by atoms with Crippen LogP contribution in [0.3, 0.4) is 0 Å². The highest BCUT2D eigenvalue weighted by Gasteiger charge is 2.45. The highest BCUT2D eigenvalue weighted by atomic mass is 19.4. The summed E-state index contributed by atoms with van der Waals surface area (Å²) in [6.45, 7) is -0.564. The van der Waals surface area contributed by atoms with Crippen molar-refractivity contribution < 1.29 is 27.9 Å². The molecule has 1 aliphatic carbocycles. The van der Waals surface area contributed by atoms with Crippen LogP contribution in [0.15, 0.2) is 0 Å². The number of rotatable bonds is 4. The van der Waals surface area contributed by atoms with Gasteiger partial charge >= 0.3 is 18.2 Å². The summed E-state index contributed by atoms with van der Waals surface area (Å²) in [6.07, 6.45) is -4.20. The zero-order valence-electron chi connectivity index (χ0n) is 8.93. The number of alkyl halides is 3. The van der Waals surface area contributed by atoms with E-state index in [4.69, 9.17) is 5.11 Å². The molecule has 0 spiro atoms. The predicted molar refractivity (Wildman–Crippen MR) is 51.4 cm³/mol. The monoisotopic (exact) mass is 254 g/mol. The van der Waals surface area contributed by atoms with Gasteiger partial charge in [-0.15, -0.1) is 0 Å². The third-order valence-electron chi connectivity index (χ3n) is 2.66. The van der Waals surface area contributed by atoms with Crippen LogP contribution in [0.4, 0.5) is 18.0 Å². The van der Waals surface area contributed by atoms with Crippen molar-refractivity contribution >= 4 is 12.0 Å². The lowest BCUT2D eigenvalue weighted by molar-refractivity contribution is -0.148. The third kappa shape index (κ3) is 3.79. The van der Waals surface area contributed by atoms with Crippen molar-refractivity contribution in [1.82, 2.24) is 10.6 Å². The molecule has 0 unspecified atom stereocenters. The van der Waals surface area contributed by atoms with Gasteiger partial charge in [-0.1, -0.05) is 0 Å². The first-order chi connectivity index (χ1) is 7.75. The van der Waals surface area contributed by atoms with Gasteiger partial charge in [0.1, 0.15) is 5.54 Å². The van der Waals surface area contributed by atoms with Gasteiger partial charge < -0.3 is 15.7 Å². The number of carboxylic acid groups (broad SMARTS) is 1. The Balaban J connectivity index is 2.32. The topological polar surface area (TPSA) is 78.4 Å². The molecule has 0 aromatic heterocycles. The summed E-state index contributed by atoms with van der Waals surface area (Å²) in [6, 6.07) is -0.878.